The molecule has 1 aliphatic heterocycles. The molecular weight excluding hydrogens is 326 g/mol. The zero-order chi connectivity index (χ0) is 18.1. The summed E-state index contributed by atoms with van der Waals surface area (Å²) in [7, 11) is 0. The average Bonchev–Trinajstić information content (AvgIpc) is 3.33. The molecule has 1 aromatic carbocycles. The van der Waals surface area contributed by atoms with Crippen molar-refractivity contribution >= 4 is 5.91 Å². The third kappa shape index (κ3) is 3.67. The summed E-state index contributed by atoms with van der Waals surface area (Å²) in [5.74, 6) is 2.36. The fourth-order valence-corrected chi connectivity index (χ4v) is 4.17. The molecule has 26 heavy (non-hydrogen) atoms. The average molecular weight is 353 g/mol. The molecule has 1 aliphatic carbocycles. The van der Waals surface area contributed by atoms with E-state index in [2.05, 4.69) is 41.3 Å². The number of nitrogens with zero attached hydrogens (tertiary/aromatic N) is 3. The van der Waals surface area contributed by atoms with Crippen LogP contribution in [0.25, 0.3) is 0 Å². The molecular formula is C21H27N3O2. The number of aromatic nitrogens is 2. The van der Waals surface area contributed by atoms with Crippen LogP contribution in [0, 0.1) is 19.8 Å². The molecule has 0 N–H and O–H groups in total. The van der Waals surface area contributed by atoms with E-state index in [1.165, 1.54) is 18.4 Å². The number of likely N-dealkylation sites (tertiary alicyclic amines) is 1. The minimum atomic E-state index is -0.139. The standard InChI is InChI=1S/C21H27N3O2/c1-15-4-6-17(7-5-15)12-19(25)24-11-3-10-21(14-24,13-18-8-9-18)20-22-16(2)26-23-20/h4-7,18H,3,8-14H2,1-2H3. The summed E-state index contributed by atoms with van der Waals surface area (Å²) in [5, 5.41) is 4.26. The molecule has 5 heteroatoms. The maximum absolute atomic E-state index is 12.9. The summed E-state index contributed by atoms with van der Waals surface area (Å²) in [5.41, 5.74) is 2.16. The van der Waals surface area contributed by atoms with Gasteiger partial charge in [-0.1, -0.05) is 47.8 Å². The van der Waals surface area contributed by atoms with Crippen LogP contribution in [0.3, 0.4) is 0 Å². The summed E-state index contributed by atoms with van der Waals surface area (Å²) in [4.78, 5) is 19.5. The van der Waals surface area contributed by atoms with E-state index in [4.69, 9.17) is 4.52 Å². The number of carbonyl (C=O) groups is 1. The highest BCUT2D eigenvalue weighted by Gasteiger charge is 2.45. The van der Waals surface area contributed by atoms with E-state index < -0.39 is 0 Å². The topological polar surface area (TPSA) is 59.2 Å². The molecule has 0 radical (unpaired) electrons. The molecule has 0 bridgehead atoms. The van der Waals surface area contributed by atoms with Gasteiger partial charge < -0.3 is 9.42 Å². The fraction of sp³-hybridized carbons (Fsp3) is 0.571. The normalized spacial score (nSPS) is 23.2. The van der Waals surface area contributed by atoms with E-state index in [-0.39, 0.29) is 11.3 Å². The second-order valence-corrected chi connectivity index (χ2v) is 8.15. The molecule has 5 nitrogen and oxygen atoms in total. The largest absolute Gasteiger partial charge is 0.341 e. The lowest BCUT2D eigenvalue weighted by Gasteiger charge is -2.41. The fourth-order valence-electron chi connectivity index (χ4n) is 4.17. The number of amides is 1. The van der Waals surface area contributed by atoms with Crippen molar-refractivity contribution in [3.63, 3.8) is 0 Å². The Balaban J connectivity index is 1.52. The van der Waals surface area contributed by atoms with E-state index in [9.17, 15) is 4.79 Å². The molecule has 0 spiro atoms. The van der Waals surface area contributed by atoms with Gasteiger partial charge in [0.25, 0.3) is 0 Å². The van der Waals surface area contributed by atoms with Crippen LogP contribution in [0.2, 0.25) is 0 Å². The van der Waals surface area contributed by atoms with Gasteiger partial charge in [0, 0.05) is 20.0 Å². The van der Waals surface area contributed by atoms with Gasteiger partial charge >= 0.3 is 0 Å². The van der Waals surface area contributed by atoms with Crippen LogP contribution in [0.1, 0.15) is 54.9 Å². The Morgan fingerprint density at radius 2 is 2.04 bits per heavy atom. The van der Waals surface area contributed by atoms with Gasteiger partial charge in [-0.2, -0.15) is 4.98 Å². The molecule has 2 aliphatic rings. The van der Waals surface area contributed by atoms with Crippen molar-refractivity contribution in [2.75, 3.05) is 13.1 Å². The third-order valence-corrected chi connectivity index (χ3v) is 5.78. The summed E-state index contributed by atoms with van der Waals surface area (Å²) >= 11 is 0. The molecule has 1 saturated carbocycles. The first kappa shape index (κ1) is 17.3. The Bertz CT molecular complexity index is 779. The highest BCUT2D eigenvalue weighted by Crippen LogP contribution is 2.45. The van der Waals surface area contributed by atoms with Gasteiger partial charge in [0.1, 0.15) is 0 Å². The first-order valence-corrected chi connectivity index (χ1v) is 9.68. The number of hydrogen-bond acceptors (Lipinski definition) is 4. The van der Waals surface area contributed by atoms with Gasteiger partial charge in [-0.25, -0.2) is 0 Å². The number of piperidine rings is 1. The van der Waals surface area contributed by atoms with Gasteiger partial charge in [-0.3, -0.25) is 4.79 Å². The Morgan fingerprint density at radius 1 is 1.27 bits per heavy atom. The molecule has 1 aromatic heterocycles. The van der Waals surface area contributed by atoms with Crippen molar-refractivity contribution in [1.29, 1.82) is 0 Å². The van der Waals surface area contributed by atoms with E-state index in [1.807, 2.05) is 11.8 Å². The van der Waals surface area contributed by atoms with Crippen LogP contribution < -0.4 is 0 Å². The van der Waals surface area contributed by atoms with Crippen LogP contribution in [0.4, 0.5) is 0 Å². The Hall–Kier alpha value is -2.17. The lowest BCUT2D eigenvalue weighted by molar-refractivity contribution is -0.133. The maximum Gasteiger partial charge on any atom is 0.227 e. The molecule has 1 saturated heterocycles. The smallest absolute Gasteiger partial charge is 0.227 e. The Labute approximate surface area is 154 Å². The SMILES string of the molecule is Cc1ccc(CC(=O)N2CCCC(CC3CC3)(c3noc(C)n3)C2)cc1. The second-order valence-electron chi connectivity index (χ2n) is 8.15. The molecule has 2 fully saturated rings. The van der Waals surface area contributed by atoms with Crippen LogP contribution in [-0.4, -0.2) is 34.0 Å². The molecule has 138 valence electrons. The maximum atomic E-state index is 12.9. The minimum Gasteiger partial charge on any atom is -0.341 e. The van der Waals surface area contributed by atoms with E-state index >= 15 is 0 Å². The lowest BCUT2D eigenvalue weighted by Crippen LogP contribution is -2.49. The Kier molecular flexibility index (Phi) is 4.55. The molecule has 2 aromatic rings. The monoisotopic (exact) mass is 353 g/mol. The third-order valence-electron chi connectivity index (χ3n) is 5.78. The second kappa shape index (κ2) is 6.86. The van der Waals surface area contributed by atoms with Crippen molar-refractivity contribution in [2.45, 2.75) is 57.8 Å². The summed E-state index contributed by atoms with van der Waals surface area (Å²) in [6, 6.07) is 8.24. The van der Waals surface area contributed by atoms with Crippen LogP contribution in [0.5, 0.6) is 0 Å². The van der Waals surface area contributed by atoms with Crippen LogP contribution in [-0.2, 0) is 16.6 Å². The van der Waals surface area contributed by atoms with Crippen molar-refractivity contribution in [3.05, 3.63) is 47.1 Å². The zero-order valence-corrected chi connectivity index (χ0v) is 15.7. The van der Waals surface area contributed by atoms with Gasteiger partial charge in [0.05, 0.1) is 11.8 Å². The van der Waals surface area contributed by atoms with Crippen molar-refractivity contribution in [1.82, 2.24) is 15.0 Å². The molecule has 4 rings (SSSR count). The lowest BCUT2D eigenvalue weighted by atomic mass is 9.74. The van der Waals surface area contributed by atoms with E-state index in [0.717, 1.165) is 43.1 Å². The zero-order valence-electron chi connectivity index (χ0n) is 15.7. The molecule has 1 amide bonds. The predicted molar refractivity (Wildman–Crippen MR) is 98.8 cm³/mol. The van der Waals surface area contributed by atoms with Gasteiger partial charge in [0.2, 0.25) is 11.8 Å². The summed E-state index contributed by atoms with van der Waals surface area (Å²) in [6.07, 6.45) is 6.15. The van der Waals surface area contributed by atoms with Crippen molar-refractivity contribution < 1.29 is 9.32 Å². The molecule has 1 unspecified atom stereocenters. The van der Waals surface area contributed by atoms with Crippen molar-refractivity contribution in [3.8, 4) is 0 Å². The Morgan fingerprint density at radius 3 is 2.69 bits per heavy atom. The summed E-state index contributed by atoms with van der Waals surface area (Å²) in [6.45, 7) is 5.45. The number of hydrogen-bond donors (Lipinski definition) is 0. The first-order chi connectivity index (χ1) is 12.5. The minimum absolute atomic E-state index is 0.139. The highest BCUT2D eigenvalue weighted by atomic mass is 16.5. The number of carbonyl (C=O) groups excluding carboxylic acids is 1. The quantitative estimate of drug-likeness (QED) is 0.824. The summed E-state index contributed by atoms with van der Waals surface area (Å²) < 4.78 is 5.28. The van der Waals surface area contributed by atoms with E-state index in [0.29, 0.717) is 18.9 Å². The van der Waals surface area contributed by atoms with Crippen LogP contribution >= 0.6 is 0 Å². The molecule has 2 heterocycles. The van der Waals surface area contributed by atoms with E-state index in [1.54, 1.807) is 0 Å². The predicted octanol–water partition coefficient (Wildman–Crippen LogP) is 3.59. The van der Waals surface area contributed by atoms with Gasteiger partial charge in [-0.15, -0.1) is 0 Å². The van der Waals surface area contributed by atoms with Crippen LogP contribution in [0.15, 0.2) is 28.8 Å². The van der Waals surface area contributed by atoms with Gasteiger partial charge in [-0.05, 0) is 37.7 Å². The first-order valence-electron chi connectivity index (χ1n) is 9.68. The number of aryl methyl sites for hydroxylation is 2. The van der Waals surface area contributed by atoms with Crippen molar-refractivity contribution in [2.24, 2.45) is 5.92 Å². The van der Waals surface area contributed by atoms with Gasteiger partial charge in [0.15, 0.2) is 5.82 Å². The number of benzene rings is 1. The molecule has 1 atom stereocenters. The number of rotatable bonds is 5. The highest BCUT2D eigenvalue weighted by molar-refractivity contribution is 5.79.